The Morgan fingerprint density at radius 2 is 1.87 bits per heavy atom. The van der Waals surface area contributed by atoms with Crippen LogP contribution in [-0.4, -0.2) is 57.1 Å². The Balaban J connectivity index is 2.10. The van der Waals surface area contributed by atoms with Gasteiger partial charge in [0, 0.05) is 20.6 Å². The topological polar surface area (TPSA) is 79.9 Å². The van der Waals surface area contributed by atoms with Crippen molar-refractivity contribution in [1.29, 1.82) is 0 Å². The molecule has 0 spiro atoms. The largest absolute Gasteiger partial charge is 0.356 e. The van der Waals surface area contributed by atoms with Crippen molar-refractivity contribution in [3.63, 3.8) is 0 Å². The van der Waals surface area contributed by atoms with Crippen LogP contribution in [0.5, 0.6) is 0 Å². The number of urea groups is 1. The fourth-order valence-electron chi connectivity index (χ4n) is 3.56. The molecule has 174 valence electrons. The molecule has 2 N–H and O–H groups in total. The molecule has 0 aliphatic carbocycles. The molecular formula is C23H39N3O4Si. The van der Waals surface area contributed by atoms with Gasteiger partial charge in [0.05, 0.1) is 12.6 Å². The minimum absolute atomic E-state index is 0.0752. The molecule has 7 nitrogen and oxygen atoms in total. The van der Waals surface area contributed by atoms with Crippen molar-refractivity contribution in [3.8, 4) is 0 Å². The molecular weight excluding hydrogens is 410 g/mol. The number of nitrogens with zero attached hydrogens (tertiary/aromatic N) is 1. The van der Waals surface area contributed by atoms with Gasteiger partial charge in [-0.15, -0.1) is 0 Å². The Labute approximate surface area is 187 Å². The first-order valence-corrected chi connectivity index (χ1v) is 15.1. The predicted molar refractivity (Wildman–Crippen MR) is 125 cm³/mol. The molecule has 1 aliphatic rings. The van der Waals surface area contributed by atoms with Gasteiger partial charge in [0.2, 0.25) is 5.91 Å². The molecule has 1 saturated heterocycles. The van der Waals surface area contributed by atoms with Gasteiger partial charge < -0.3 is 14.8 Å². The van der Waals surface area contributed by atoms with E-state index in [9.17, 15) is 9.59 Å². The quantitative estimate of drug-likeness (QED) is 0.306. The summed E-state index contributed by atoms with van der Waals surface area (Å²) in [5.74, 6) is -0.201. The van der Waals surface area contributed by atoms with Crippen molar-refractivity contribution < 1.29 is 19.1 Å². The molecule has 8 heteroatoms. The van der Waals surface area contributed by atoms with Gasteiger partial charge in [0.15, 0.2) is 0 Å². The molecule has 0 bridgehead atoms. The van der Waals surface area contributed by atoms with Crippen LogP contribution in [0.4, 0.5) is 4.79 Å². The first-order chi connectivity index (χ1) is 14.7. The first-order valence-electron chi connectivity index (χ1n) is 11.3. The van der Waals surface area contributed by atoms with Crippen molar-refractivity contribution in [2.75, 3.05) is 19.9 Å². The zero-order valence-electron chi connectivity index (χ0n) is 19.6. The molecule has 1 aromatic carbocycles. The van der Waals surface area contributed by atoms with E-state index in [0.29, 0.717) is 13.0 Å². The second-order valence-corrected chi connectivity index (χ2v) is 15.0. The highest BCUT2D eigenvalue weighted by molar-refractivity contribution is 6.76. The molecule has 0 saturated carbocycles. The summed E-state index contributed by atoms with van der Waals surface area (Å²) < 4.78 is 11.8. The molecule has 1 fully saturated rings. The Hall–Kier alpha value is -1.90. The maximum Gasteiger partial charge on any atom is 0.333 e. The van der Waals surface area contributed by atoms with Crippen LogP contribution in [0.1, 0.15) is 32.3 Å². The average molecular weight is 450 g/mol. The Morgan fingerprint density at radius 1 is 1.19 bits per heavy atom. The van der Waals surface area contributed by atoms with Crippen molar-refractivity contribution in [2.45, 2.75) is 70.9 Å². The summed E-state index contributed by atoms with van der Waals surface area (Å²) in [6.07, 6.45) is 1.69. The van der Waals surface area contributed by atoms with Gasteiger partial charge in [-0.1, -0.05) is 63.8 Å². The summed E-state index contributed by atoms with van der Waals surface area (Å²) in [5, 5.41) is 4.41. The average Bonchev–Trinajstić information content (AvgIpc) is 2.87. The van der Waals surface area contributed by atoms with Crippen LogP contribution in [0.2, 0.25) is 25.7 Å². The molecule has 0 aromatic heterocycles. The summed E-state index contributed by atoms with van der Waals surface area (Å²) in [6, 6.07) is 10.4. The number of hydrazine groups is 1. The fourth-order valence-corrected chi connectivity index (χ4v) is 4.32. The van der Waals surface area contributed by atoms with E-state index in [4.69, 9.17) is 9.47 Å². The van der Waals surface area contributed by atoms with E-state index in [-0.39, 0.29) is 43.3 Å². The smallest absolute Gasteiger partial charge is 0.333 e. The third-order valence-electron chi connectivity index (χ3n) is 5.63. The standard InChI is InChI=1S/C23H39N3O4Si/c1-6-19(7-2)22(27)26-16-21(30-17-29-13-14-31(3,4)5)20(24-23(28)25-26)15-18-11-9-8-10-12-18/h8-12,19-21H,6-7,13-17H2,1-5H3,(H2,24,25,28)/t20-,21-/m1/s1. The number of amides is 3. The molecule has 0 unspecified atom stereocenters. The lowest BCUT2D eigenvalue weighted by Crippen LogP contribution is -2.50. The third kappa shape index (κ3) is 8.63. The number of carbonyl (C=O) groups excluding carboxylic acids is 2. The minimum atomic E-state index is -1.18. The van der Waals surface area contributed by atoms with Crippen molar-refractivity contribution >= 4 is 20.0 Å². The van der Waals surface area contributed by atoms with Crippen LogP contribution < -0.4 is 10.7 Å². The zero-order chi connectivity index (χ0) is 22.9. The van der Waals surface area contributed by atoms with Crippen LogP contribution in [0, 0.1) is 5.92 Å². The van der Waals surface area contributed by atoms with Crippen molar-refractivity contribution in [2.24, 2.45) is 5.92 Å². The molecule has 31 heavy (non-hydrogen) atoms. The monoisotopic (exact) mass is 449 g/mol. The van der Waals surface area contributed by atoms with Gasteiger partial charge >= 0.3 is 6.03 Å². The highest BCUT2D eigenvalue weighted by Crippen LogP contribution is 2.17. The number of hydrogen-bond donors (Lipinski definition) is 2. The van der Waals surface area contributed by atoms with Crippen LogP contribution in [0.25, 0.3) is 0 Å². The van der Waals surface area contributed by atoms with E-state index in [0.717, 1.165) is 24.4 Å². The van der Waals surface area contributed by atoms with Gasteiger partial charge in [-0.05, 0) is 30.9 Å². The minimum Gasteiger partial charge on any atom is -0.356 e. The molecule has 1 aromatic rings. The number of nitrogens with one attached hydrogen (secondary N) is 2. The number of hydrogen-bond acceptors (Lipinski definition) is 4. The summed E-state index contributed by atoms with van der Waals surface area (Å²) in [4.78, 5) is 25.5. The lowest BCUT2D eigenvalue weighted by Gasteiger charge is -2.29. The number of benzene rings is 1. The molecule has 2 rings (SSSR count). The van der Waals surface area contributed by atoms with Gasteiger partial charge in [0.1, 0.15) is 12.9 Å². The van der Waals surface area contributed by atoms with Crippen molar-refractivity contribution in [1.82, 2.24) is 15.8 Å². The predicted octanol–water partition coefficient (Wildman–Crippen LogP) is 3.79. The second-order valence-electron chi connectivity index (χ2n) is 9.39. The number of rotatable bonds is 11. The van der Waals surface area contributed by atoms with E-state index in [1.54, 1.807) is 0 Å². The summed E-state index contributed by atoms with van der Waals surface area (Å²) >= 11 is 0. The van der Waals surface area contributed by atoms with E-state index in [1.165, 1.54) is 5.01 Å². The lowest BCUT2D eigenvalue weighted by molar-refractivity contribution is -0.143. The van der Waals surface area contributed by atoms with E-state index in [1.807, 2.05) is 44.2 Å². The Morgan fingerprint density at radius 3 is 2.48 bits per heavy atom. The first kappa shape index (κ1) is 25.4. The highest BCUT2D eigenvalue weighted by atomic mass is 28.3. The van der Waals surface area contributed by atoms with Crippen LogP contribution in [-0.2, 0) is 20.7 Å². The molecule has 1 heterocycles. The highest BCUT2D eigenvalue weighted by Gasteiger charge is 2.34. The van der Waals surface area contributed by atoms with Gasteiger partial charge in [-0.3, -0.25) is 4.79 Å². The van der Waals surface area contributed by atoms with Gasteiger partial charge in [0.25, 0.3) is 0 Å². The normalized spacial score (nSPS) is 19.7. The number of ether oxygens (including phenoxy) is 2. The molecule has 0 radical (unpaired) electrons. The second kappa shape index (κ2) is 12.2. The van der Waals surface area contributed by atoms with Gasteiger partial charge in [-0.25, -0.2) is 15.2 Å². The molecule has 2 atom stereocenters. The SMILES string of the molecule is CCC(CC)C(=O)N1C[C@@H](OCOCC[Si](C)(C)C)[C@@H](Cc2ccccc2)NC(=O)N1. The fraction of sp³-hybridized carbons (Fsp3) is 0.652. The van der Waals surface area contributed by atoms with Crippen LogP contribution >= 0.6 is 0 Å². The summed E-state index contributed by atoms with van der Waals surface area (Å²) in [6.45, 7) is 12.0. The molecule has 1 aliphatic heterocycles. The maximum atomic E-state index is 13.0. The van der Waals surface area contributed by atoms with Crippen LogP contribution in [0.3, 0.4) is 0 Å². The summed E-state index contributed by atoms with van der Waals surface area (Å²) in [5.41, 5.74) is 3.81. The van der Waals surface area contributed by atoms with E-state index in [2.05, 4.69) is 30.4 Å². The Bertz CT molecular complexity index is 692. The number of carbonyl (C=O) groups is 2. The van der Waals surface area contributed by atoms with Gasteiger partial charge in [-0.2, -0.15) is 0 Å². The third-order valence-corrected chi connectivity index (χ3v) is 7.33. The zero-order valence-corrected chi connectivity index (χ0v) is 20.6. The maximum absolute atomic E-state index is 13.0. The van der Waals surface area contributed by atoms with E-state index < -0.39 is 8.07 Å². The summed E-state index contributed by atoms with van der Waals surface area (Å²) in [7, 11) is -1.18. The Kier molecular flexibility index (Phi) is 9.99. The van der Waals surface area contributed by atoms with Crippen LogP contribution in [0.15, 0.2) is 30.3 Å². The van der Waals surface area contributed by atoms with E-state index >= 15 is 0 Å². The van der Waals surface area contributed by atoms with Crippen molar-refractivity contribution in [3.05, 3.63) is 35.9 Å². The lowest BCUT2D eigenvalue weighted by atomic mass is 10.00. The molecule has 3 amide bonds.